The number of rotatable bonds is 2. The van der Waals surface area contributed by atoms with Crippen LogP contribution < -0.4 is 0 Å². The minimum Gasteiger partial charge on any atom is -0.381 e. The monoisotopic (exact) mass is 240 g/mol. The van der Waals surface area contributed by atoms with Gasteiger partial charge in [0.05, 0.1) is 17.8 Å². The lowest BCUT2D eigenvalue weighted by Gasteiger charge is -2.30. The Morgan fingerprint density at radius 2 is 1.94 bits per heavy atom. The average Bonchev–Trinajstić information content (AvgIpc) is 2.47. The smallest absolute Gasteiger partial charge is 0.144 e. The van der Waals surface area contributed by atoms with Gasteiger partial charge in [0, 0.05) is 18.4 Å². The fourth-order valence-electron chi connectivity index (χ4n) is 3.26. The first-order valence-corrected chi connectivity index (χ1v) is 6.63. The second-order valence-corrected chi connectivity index (χ2v) is 6.54. The van der Waals surface area contributed by atoms with Crippen molar-refractivity contribution in [3.63, 3.8) is 0 Å². The SMILES string of the molecule is CC1(C)CC(C(=O)C2CCCOC2)C(C)(C)O1. The molecule has 0 amide bonds. The van der Waals surface area contributed by atoms with E-state index in [0.29, 0.717) is 12.4 Å². The van der Waals surface area contributed by atoms with Crippen molar-refractivity contribution >= 4 is 5.78 Å². The van der Waals surface area contributed by atoms with E-state index in [1.807, 2.05) is 13.8 Å². The molecule has 3 nitrogen and oxygen atoms in total. The van der Waals surface area contributed by atoms with Crippen molar-refractivity contribution in [2.75, 3.05) is 13.2 Å². The third-order valence-corrected chi connectivity index (χ3v) is 3.98. The molecule has 2 unspecified atom stereocenters. The lowest BCUT2D eigenvalue weighted by Crippen LogP contribution is -2.39. The molecule has 2 rings (SSSR count). The zero-order valence-electron chi connectivity index (χ0n) is 11.4. The first-order chi connectivity index (χ1) is 7.82. The molecule has 0 spiro atoms. The summed E-state index contributed by atoms with van der Waals surface area (Å²) in [6, 6.07) is 0. The van der Waals surface area contributed by atoms with Gasteiger partial charge in [-0.1, -0.05) is 0 Å². The molecule has 0 N–H and O–H groups in total. The van der Waals surface area contributed by atoms with Gasteiger partial charge in [-0.2, -0.15) is 0 Å². The lowest BCUT2D eigenvalue weighted by molar-refractivity contribution is -0.137. The highest BCUT2D eigenvalue weighted by atomic mass is 16.5. The predicted octanol–water partition coefficient (Wildman–Crippen LogP) is 2.58. The fourth-order valence-corrected chi connectivity index (χ4v) is 3.26. The van der Waals surface area contributed by atoms with E-state index in [4.69, 9.17) is 9.47 Å². The fraction of sp³-hybridized carbons (Fsp3) is 0.929. The van der Waals surface area contributed by atoms with Crippen LogP contribution in [0.4, 0.5) is 0 Å². The Balaban J connectivity index is 2.08. The van der Waals surface area contributed by atoms with Crippen molar-refractivity contribution in [3.05, 3.63) is 0 Å². The number of carbonyl (C=O) groups is 1. The van der Waals surface area contributed by atoms with Gasteiger partial charge in [-0.25, -0.2) is 0 Å². The van der Waals surface area contributed by atoms with Crippen LogP contribution in [0.2, 0.25) is 0 Å². The van der Waals surface area contributed by atoms with Crippen molar-refractivity contribution in [1.29, 1.82) is 0 Å². The molecule has 0 aromatic rings. The van der Waals surface area contributed by atoms with Crippen LogP contribution in [0.1, 0.15) is 47.0 Å². The van der Waals surface area contributed by atoms with Gasteiger partial charge in [0.15, 0.2) is 0 Å². The summed E-state index contributed by atoms with van der Waals surface area (Å²) in [4.78, 5) is 12.5. The van der Waals surface area contributed by atoms with Crippen LogP contribution in [0.5, 0.6) is 0 Å². The van der Waals surface area contributed by atoms with Crippen LogP contribution in [0.15, 0.2) is 0 Å². The Hall–Kier alpha value is -0.410. The van der Waals surface area contributed by atoms with Gasteiger partial charge in [0.25, 0.3) is 0 Å². The molecule has 0 radical (unpaired) electrons. The molecule has 2 atom stereocenters. The quantitative estimate of drug-likeness (QED) is 0.744. The van der Waals surface area contributed by atoms with Gasteiger partial charge < -0.3 is 9.47 Å². The normalized spacial score (nSPS) is 35.8. The number of hydrogen-bond donors (Lipinski definition) is 0. The number of carbonyl (C=O) groups excluding carboxylic acids is 1. The van der Waals surface area contributed by atoms with Gasteiger partial charge in [-0.3, -0.25) is 4.79 Å². The lowest BCUT2D eigenvalue weighted by atomic mass is 9.78. The van der Waals surface area contributed by atoms with Gasteiger partial charge >= 0.3 is 0 Å². The standard InChI is InChI=1S/C14H24O3/c1-13(2)8-11(14(3,4)17-13)12(15)10-6-5-7-16-9-10/h10-11H,5-9H2,1-4H3. The summed E-state index contributed by atoms with van der Waals surface area (Å²) in [5, 5.41) is 0. The Bertz CT molecular complexity index is 301. The van der Waals surface area contributed by atoms with Crippen molar-refractivity contribution in [2.45, 2.75) is 58.2 Å². The maximum absolute atomic E-state index is 12.5. The van der Waals surface area contributed by atoms with Crippen LogP contribution >= 0.6 is 0 Å². The van der Waals surface area contributed by atoms with Crippen molar-refractivity contribution in [3.8, 4) is 0 Å². The van der Waals surface area contributed by atoms with Gasteiger partial charge in [-0.15, -0.1) is 0 Å². The van der Waals surface area contributed by atoms with Crippen molar-refractivity contribution in [2.24, 2.45) is 11.8 Å². The number of ether oxygens (including phenoxy) is 2. The van der Waals surface area contributed by atoms with Gasteiger partial charge in [0.2, 0.25) is 0 Å². The molecular weight excluding hydrogens is 216 g/mol. The highest BCUT2D eigenvalue weighted by molar-refractivity contribution is 5.85. The summed E-state index contributed by atoms with van der Waals surface area (Å²) >= 11 is 0. The molecule has 3 heteroatoms. The Labute approximate surface area is 104 Å². The van der Waals surface area contributed by atoms with Gasteiger partial charge in [-0.05, 0) is 47.0 Å². The molecule has 2 aliphatic rings. The number of hydrogen-bond acceptors (Lipinski definition) is 3. The first-order valence-electron chi connectivity index (χ1n) is 6.63. The Morgan fingerprint density at radius 1 is 1.24 bits per heavy atom. The molecule has 17 heavy (non-hydrogen) atoms. The third kappa shape index (κ3) is 2.71. The highest BCUT2D eigenvalue weighted by Gasteiger charge is 2.50. The molecule has 0 saturated carbocycles. The summed E-state index contributed by atoms with van der Waals surface area (Å²) < 4.78 is 11.4. The zero-order valence-corrected chi connectivity index (χ0v) is 11.4. The number of ketones is 1. The van der Waals surface area contributed by atoms with Crippen LogP contribution in [0.25, 0.3) is 0 Å². The zero-order chi connectivity index (χ0) is 12.7. The average molecular weight is 240 g/mol. The van der Waals surface area contributed by atoms with E-state index in [1.54, 1.807) is 0 Å². The minimum absolute atomic E-state index is 0.0178. The summed E-state index contributed by atoms with van der Waals surface area (Å²) in [7, 11) is 0. The van der Waals surface area contributed by atoms with Crippen LogP contribution in [0.3, 0.4) is 0 Å². The molecule has 2 saturated heterocycles. The van der Waals surface area contributed by atoms with E-state index < -0.39 is 0 Å². The van der Waals surface area contributed by atoms with Crippen LogP contribution in [-0.4, -0.2) is 30.2 Å². The molecule has 0 aliphatic carbocycles. The molecule has 0 bridgehead atoms. The summed E-state index contributed by atoms with van der Waals surface area (Å²) in [6.45, 7) is 9.62. The maximum atomic E-state index is 12.5. The van der Waals surface area contributed by atoms with E-state index in [2.05, 4.69) is 13.8 Å². The second kappa shape index (κ2) is 4.36. The summed E-state index contributed by atoms with van der Waals surface area (Å²) in [6.07, 6.45) is 2.81. The largest absolute Gasteiger partial charge is 0.381 e. The third-order valence-electron chi connectivity index (χ3n) is 3.98. The molecule has 0 aromatic heterocycles. The molecular formula is C14H24O3. The first kappa shape index (κ1) is 13.0. The van der Waals surface area contributed by atoms with E-state index in [0.717, 1.165) is 25.9 Å². The molecule has 2 heterocycles. The topological polar surface area (TPSA) is 35.5 Å². The highest BCUT2D eigenvalue weighted by Crippen LogP contribution is 2.43. The predicted molar refractivity (Wildman–Crippen MR) is 65.9 cm³/mol. The summed E-state index contributed by atoms with van der Waals surface area (Å²) in [5.74, 6) is 0.454. The Morgan fingerprint density at radius 3 is 2.41 bits per heavy atom. The molecule has 2 fully saturated rings. The van der Waals surface area contributed by atoms with Crippen LogP contribution in [0, 0.1) is 11.8 Å². The van der Waals surface area contributed by atoms with E-state index >= 15 is 0 Å². The van der Waals surface area contributed by atoms with E-state index in [1.165, 1.54) is 0 Å². The number of Topliss-reactive ketones (excluding diaryl/α,β-unsaturated/α-hetero) is 1. The summed E-state index contributed by atoms with van der Waals surface area (Å²) in [5.41, 5.74) is -0.516. The maximum Gasteiger partial charge on any atom is 0.144 e. The van der Waals surface area contributed by atoms with Gasteiger partial charge in [0.1, 0.15) is 5.78 Å². The molecule has 0 aromatic carbocycles. The van der Waals surface area contributed by atoms with E-state index in [-0.39, 0.29) is 23.0 Å². The molecule has 2 aliphatic heterocycles. The second-order valence-electron chi connectivity index (χ2n) is 6.54. The van der Waals surface area contributed by atoms with Crippen LogP contribution in [-0.2, 0) is 14.3 Å². The van der Waals surface area contributed by atoms with Crippen molar-refractivity contribution < 1.29 is 14.3 Å². The molecule has 98 valence electrons. The Kier molecular flexibility index (Phi) is 3.34. The minimum atomic E-state index is -0.335. The van der Waals surface area contributed by atoms with Crippen molar-refractivity contribution in [1.82, 2.24) is 0 Å². The van der Waals surface area contributed by atoms with E-state index in [9.17, 15) is 4.79 Å².